The quantitative estimate of drug-likeness (QED) is 0.505. The number of hydrogen-bond donors (Lipinski definition) is 3. The van der Waals surface area contributed by atoms with Gasteiger partial charge in [0.2, 0.25) is 0 Å². The van der Waals surface area contributed by atoms with Crippen LogP contribution >= 0.6 is 0 Å². The summed E-state index contributed by atoms with van der Waals surface area (Å²) in [7, 11) is 1.31. The predicted molar refractivity (Wildman–Crippen MR) is 141 cm³/mol. The fraction of sp³-hybridized carbons (Fsp3) is 0.500. The third-order valence-corrected chi connectivity index (χ3v) is 8.16. The number of nitrogens with one attached hydrogen (secondary N) is 2. The topological polar surface area (TPSA) is 138 Å². The molecule has 0 saturated heterocycles. The zero-order valence-electron chi connectivity index (χ0n) is 22.0. The van der Waals surface area contributed by atoms with E-state index in [-0.39, 0.29) is 23.8 Å². The smallest absolute Gasteiger partial charge is 0.407 e. The Morgan fingerprint density at radius 3 is 2.45 bits per heavy atom. The number of carbonyl (C=O) groups is 3. The van der Waals surface area contributed by atoms with Crippen LogP contribution in [0.1, 0.15) is 56.3 Å². The lowest BCUT2D eigenvalue weighted by Gasteiger charge is -2.58. The van der Waals surface area contributed by atoms with Crippen LogP contribution in [0.15, 0.2) is 42.6 Å². The summed E-state index contributed by atoms with van der Waals surface area (Å²) in [6, 6.07) is 9.62. The second kappa shape index (κ2) is 9.81. The number of methoxy groups -OCH3 is 1. The average Bonchev–Trinajstić information content (AvgIpc) is 3.28. The van der Waals surface area contributed by atoms with Gasteiger partial charge in [0.15, 0.2) is 0 Å². The third-order valence-electron chi connectivity index (χ3n) is 8.16. The van der Waals surface area contributed by atoms with Crippen molar-refractivity contribution in [1.29, 1.82) is 0 Å². The van der Waals surface area contributed by atoms with Crippen LogP contribution in [0, 0.1) is 17.8 Å². The van der Waals surface area contributed by atoms with Crippen LogP contribution in [0.5, 0.6) is 0 Å². The van der Waals surface area contributed by atoms with Gasteiger partial charge in [0.1, 0.15) is 5.60 Å². The minimum Gasteiger partial charge on any atom is -0.453 e. The molecule has 0 spiro atoms. The molecule has 38 heavy (non-hydrogen) atoms. The van der Waals surface area contributed by atoms with Crippen molar-refractivity contribution in [2.75, 3.05) is 7.11 Å². The van der Waals surface area contributed by atoms with Crippen LogP contribution in [-0.4, -0.2) is 52.2 Å². The van der Waals surface area contributed by atoms with E-state index in [1.165, 1.54) is 7.11 Å². The van der Waals surface area contributed by atoms with Gasteiger partial charge in [-0.15, -0.1) is 0 Å². The van der Waals surface area contributed by atoms with E-state index in [2.05, 4.69) is 15.7 Å². The number of amides is 3. The number of nitrogens with zero attached hydrogens (tertiary/aromatic N) is 2. The van der Waals surface area contributed by atoms with Gasteiger partial charge < -0.3 is 25.8 Å². The van der Waals surface area contributed by atoms with Gasteiger partial charge in [0, 0.05) is 17.8 Å². The summed E-state index contributed by atoms with van der Waals surface area (Å²) < 4.78 is 12.0. The lowest BCUT2D eigenvalue weighted by Crippen LogP contribution is -2.63. The van der Waals surface area contributed by atoms with E-state index in [0.29, 0.717) is 17.2 Å². The van der Waals surface area contributed by atoms with E-state index >= 15 is 0 Å². The SMILES string of the molecule is COC(=O)NC(C)(C)/C=C/n1ncc(C(=O)N[C@H]2C3CC4CC2C[C@](OC(N)=O)(C4)C3)c1-c1ccccc1. The van der Waals surface area contributed by atoms with Crippen molar-refractivity contribution in [2.24, 2.45) is 23.5 Å². The molecule has 2 unspecified atom stereocenters. The predicted octanol–water partition coefficient (Wildman–Crippen LogP) is 3.93. The summed E-state index contributed by atoms with van der Waals surface area (Å²) in [6.07, 6.45) is 8.20. The monoisotopic (exact) mass is 521 g/mol. The Bertz CT molecular complexity index is 1240. The minimum atomic E-state index is -0.717. The number of hydrogen-bond acceptors (Lipinski definition) is 6. The molecule has 10 heteroatoms. The molecule has 0 aliphatic heterocycles. The molecule has 4 saturated carbocycles. The first-order valence-corrected chi connectivity index (χ1v) is 13.1. The van der Waals surface area contributed by atoms with Gasteiger partial charge >= 0.3 is 12.2 Å². The molecule has 10 nitrogen and oxygen atoms in total. The highest BCUT2D eigenvalue weighted by Crippen LogP contribution is 2.57. The zero-order chi connectivity index (χ0) is 27.1. The van der Waals surface area contributed by atoms with Crippen LogP contribution < -0.4 is 16.4 Å². The van der Waals surface area contributed by atoms with Crippen LogP contribution in [0.3, 0.4) is 0 Å². The van der Waals surface area contributed by atoms with Gasteiger partial charge in [-0.1, -0.05) is 30.3 Å². The molecule has 4 N–H and O–H groups in total. The van der Waals surface area contributed by atoms with Crippen molar-refractivity contribution in [1.82, 2.24) is 20.4 Å². The summed E-state index contributed by atoms with van der Waals surface area (Å²) >= 11 is 0. The van der Waals surface area contributed by atoms with Crippen molar-refractivity contribution < 1.29 is 23.9 Å². The zero-order valence-corrected chi connectivity index (χ0v) is 22.0. The molecule has 2 atom stereocenters. The molecule has 6 rings (SSSR count). The second-order valence-corrected chi connectivity index (χ2v) is 11.4. The largest absolute Gasteiger partial charge is 0.453 e. The minimum absolute atomic E-state index is 0.00866. The standard InChI is InChI=1S/C28H35N5O5/c1-27(2,32-26(36)37-3)9-10-33-23(18-7-5-4-6-8-18)21(16-30-33)24(34)31-22-19-11-17-12-20(22)15-28(13-17,14-19)38-25(29)35/h4-10,16-17,19-20,22H,11-15H2,1-3H3,(H2,29,35)(H,31,34)(H,32,36)/b10-9+/t17?,19?,20?,22-,28-. The first-order valence-electron chi connectivity index (χ1n) is 13.1. The molecule has 1 heterocycles. The molecular formula is C28H35N5O5. The molecule has 3 amide bonds. The van der Waals surface area contributed by atoms with Crippen molar-refractivity contribution in [3.8, 4) is 11.3 Å². The maximum Gasteiger partial charge on any atom is 0.407 e. The Kier molecular flexibility index (Phi) is 6.66. The van der Waals surface area contributed by atoms with Crippen LogP contribution in [0.4, 0.5) is 9.59 Å². The number of aromatic nitrogens is 2. The summed E-state index contributed by atoms with van der Waals surface area (Å²) in [5.41, 5.74) is 6.16. The number of benzene rings is 1. The van der Waals surface area contributed by atoms with E-state index in [1.807, 2.05) is 44.2 Å². The summed E-state index contributed by atoms with van der Waals surface area (Å²) in [5.74, 6) is 0.794. The molecule has 2 aromatic rings. The van der Waals surface area contributed by atoms with E-state index in [4.69, 9.17) is 15.2 Å². The van der Waals surface area contributed by atoms with Crippen LogP contribution in [0.2, 0.25) is 0 Å². The van der Waals surface area contributed by atoms with Crippen molar-refractivity contribution in [3.05, 3.63) is 48.2 Å². The van der Waals surface area contributed by atoms with E-state index in [0.717, 1.165) is 37.7 Å². The highest BCUT2D eigenvalue weighted by Gasteiger charge is 2.57. The van der Waals surface area contributed by atoms with E-state index < -0.39 is 23.3 Å². The lowest BCUT2D eigenvalue weighted by atomic mass is 9.52. The summed E-state index contributed by atoms with van der Waals surface area (Å²) in [6.45, 7) is 3.67. The fourth-order valence-corrected chi connectivity index (χ4v) is 6.89. The molecule has 4 aliphatic rings. The summed E-state index contributed by atoms with van der Waals surface area (Å²) in [5, 5.41) is 10.6. The molecule has 4 bridgehead atoms. The molecule has 202 valence electrons. The maximum absolute atomic E-state index is 13.7. The number of carbonyl (C=O) groups excluding carboxylic acids is 3. The van der Waals surface area contributed by atoms with Gasteiger partial charge in [0.25, 0.3) is 5.91 Å². The number of rotatable bonds is 7. The molecule has 1 aromatic heterocycles. The van der Waals surface area contributed by atoms with Gasteiger partial charge in [-0.25, -0.2) is 14.3 Å². The Balaban J connectivity index is 1.39. The summed E-state index contributed by atoms with van der Waals surface area (Å²) in [4.78, 5) is 37.0. The van der Waals surface area contributed by atoms with Gasteiger partial charge in [-0.05, 0) is 69.8 Å². The van der Waals surface area contributed by atoms with Crippen LogP contribution in [0.25, 0.3) is 17.5 Å². The van der Waals surface area contributed by atoms with Crippen LogP contribution in [-0.2, 0) is 9.47 Å². The lowest BCUT2D eigenvalue weighted by molar-refractivity contribution is -0.137. The molecule has 4 aliphatic carbocycles. The Hall–Kier alpha value is -3.82. The van der Waals surface area contributed by atoms with Crippen molar-refractivity contribution in [2.45, 2.75) is 63.1 Å². The normalized spacial score (nSPS) is 27.8. The highest BCUT2D eigenvalue weighted by molar-refractivity contribution is 6.00. The van der Waals surface area contributed by atoms with E-state index in [9.17, 15) is 14.4 Å². The fourth-order valence-electron chi connectivity index (χ4n) is 6.89. The average molecular weight is 522 g/mol. The molecular weight excluding hydrogens is 486 g/mol. The first-order chi connectivity index (χ1) is 18.1. The van der Waals surface area contributed by atoms with Crippen molar-refractivity contribution >= 4 is 24.3 Å². The second-order valence-electron chi connectivity index (χ2n) is 11.4. The first kappa shape index (κ1) is 25.8. The van der Waals surface area contributed by atoms with Gasteiger partial charge in [0.05, 0.1) is 30.1 Å². The van der Waals surface area contributed by atoms with E-state index in [1.54, 1.807) is 23.2 Å². The van der Waals surface area contributed by atoms with Gasteiger partial charge in [-0.3, -0.25) is 4.79 Å². The maximum atomic E-state index is 13.7. The molecule has 0 radical (unpaired) electrons. The highest BCUT2D eigenvalue weighted by atomic mass is 16.6. The Morgan fingerprint density at radius 2 is 1.82 bits per heavy atom. The number of ether oxygens (including phenoxy) is 2. The van der Waals surface area contributed by atoms with Crippen molar-refractivity contribution in [3.63, 3.8) is 0 Å². The molecule has 1 aromatic carbocycles. The Morgan fingerprint density at radius 1 is 1.13 bits per heavy atom. The Labute approximate surface area is 221 Å². The number of nitrogens with two attached hydrogens (primary N) is 1. The molecule has 4 fully saturated rings. The van der Waals surface area contributed by atoms with Gasteiger partial charge in [-0.2, -0.15) is 5.10 Å². The number of primary amides is 1. The number of alkyl carbamates (subject to hydrolysis) is 1. The third kappa shape index (κ3) is 5.12.